The van der Waals surface area contributed by atoms with Gasteiger partial charge in [0.25, 0.3) is 5.91 Å². The molecule has 0 aliphatic carbocycles. The molecular weight excluding hydrogens is 308 g/mol. The van der Waals surface area contributed by atoms with E-state index in [0.717, 1.165) is 9.99 Å². The lowest BCUT2D eigenvalue weighted by molar-refractivity contribution is 0.102. The number of nitrogens with zero attached hydrogens (tertiary/aromatic N) is 2. The lowest BCUT2D eigenvalue weighted by Crippen LogP contribution is -2.11. The third-order valence-electron chi connectivity index (χ3n) is 2.64. The first-order valence-electron chi connectivity index (χ1n) is 5.58. The molecule has 0 aliphatic heterocycles. The number of anilines is 1. The monoisotopic (exact) mass is 316 g/mol. The standard InChI is InChI=1S/C13H9BrN4O/c14-9-3-1-8(2-4-9)13(19)18-10-5-11-12(15-6-10)17-7-16-11/h1-7H,(H,18,19)(H,15,16,17). The maximum absolute atomic E-state index is 12.0. The number of H-pyrrole nitrogens is 1. The number of carbonyl (C=O) groups is 1. The lowest BCUT2D eigenvalue weighted by Gasteiger charge is -2.04. The van der Waals surface area contributed by atoms with Gasteiger partial charge in [-0.2, -0.15) is 0 Å². The van der Waals surface area contributed by atoms with Crippen molar-refractivity contribution in [1.82, 2.24) is 15.0 Å². The van der Waals surface area contributed by atoms with Crippen molar-refractivity contribution in [1.29, 1.82) is 0 Å². The van der Waals surface area contributed by atoms with Crippen LogP contribution in [0.3, 0.4) is 0 Å². The van der Waals surface area contributed by atoms with Gasteiger partial charge in [0.1, 0.15) is 0 Å². The van der Waals surface area contributed by atoms with Crippen LogP contribution in [0.4, 0.5) is 5.69 Å². The van der Waals surface area contributed by atoms with Crippen LogP contribution in [0.15, 0.2) is 47.3 Å². The van der Waals surface area contributed by atoms with E-state index in [2.05, 4.69) is 36.2 Å². The second kappa shape index (κ2) is 4.81. The number of imidazole rings is 1. The number of hydrogen-bond acceptors (Lipinski definition) is 3. The summed E-state index contributed by atoms with van der Waals surface area (Å²) < 4.78 is 0.935. The van der Waals surface area contributed by atoms with E-state index in [-0.39, 0.29) is 5.91 Å². The second-order valence-electron chi connectivity index (χ2n) is 3.96. The predicted octanol–water partition coefficient (Wildman–Crippen LogP) is 2.97. The Morgan fingerprint density at radius 2 is 2.00 bits per heavy atom. The molecule has 2 heterocycles. The number of pyridine rings is 1. The minimum atomic E-state index is -0.173. The molecule has 0 fully saturated rings. The number of hydrogen-bond donors (Lipinski definition) is 2. The number of amides is 1. The molecule has 94 valence electrons. The maximum atomic E-state index is 12.0. The fraction of sp³-hybridized carbons (Fsp3) is 0. The third kappa shape index (κ3) is 2.48. The van der Waals surface area contributed by atoms with E-state index in [9.17, 15) is 4.79 Å². The molecule has 0 bridgehead atoms. The molecule has 0 spiro atoms. The number of aromatic amines is 1. The average molecular weight is 317 g/mol. The molecule has 19 heavy (non-hydrogen) atoms. The van der Waals surface area contributed by atoms with Crippen LogP contribution in [0.5, 0.6) is 0 Å². The van der Waals surface area contributed by atoms with Gasteiger partial charge < -0.3 is 10.3 Å². The van der Waals surface area contributed by atoms with E-state index in [4.69, 9.17) is 0 Å². The van der Waals surface area contributed by atoms with Crippen molar-refractivity contribution in [2.45, 2.75) is 0 Å². The Hall–Kier alpha value is -2.21. The minimum Gasteiger partial charge on any atom is -0.343 e. The summed E-state index contributed by atoms with van der Waals surface area (Å²) in [7, 11) is 0. The molecule has 1 aromatic carbocycles. The second-order valence-corrected chi connectivity index (χ2v) is 4.87. The van der Waals surface area contributed by atoms with Crippen molar-refractivity contribution in [3.05, 3.63) is 52.9 Å². The molecule has 0 aliphatic rings. The largest absolute Gasteiger partial charge is 0.343 e. The highest BCUT2D eigenvalue weighted by molar-refractivity contribution is 9.10. The normalized spacial score (nSPS) is 10.6. The molecule has 0 saturated carbocycles. The zero-order chi connectivity index (χ0) is 13.2. The Morgan fingerprint density at radius 3 is 2.79 bits per heavy atom. The van der Waals surface area contributed by atoms with E-state index in [1.807, 2.05) is 12.1 Å². The van der Waals surface area contributed by atoms with E-state index >= 15 is 0 Å². The van der Waals surface area contributed by atoms with Crippen molar-refractivity contribution in [3.63, 3.8) is 0 Å². The minimum absolute atomic E-state index is 0.173. The fourth-order valence-corrected chi connectivity index (χ4v) is 1.97. The SMILES string of the molecule is O=C(Nc1cnc2nc[nH]c2c1)c1ccc(Br)cc1. The summed E-state index contributed by atoms with van der Waals surface area (Å²) in [5.41, 5.74) is 2.63. The summed E-state index contributed by atoms with van der Waals surface area (Å²) in [6.45, 7) is 0. The Labute approximate surface area is 117 Å². The molecule has 0 saturated heterocycles. The molecule has 0 radical (unpaired) electrons. The van der Waals surface area contributed by atoms with Gasteiger partial charge in [0.2, 0.25) is 0 Å². The summed E-state index contributed by atoms with van der Waals surface area (Å²) in [5, 5.41) is 2.80. The highest BCUT2D eigenvalue weighted by Crippen LogP contribution is 2.15. The summed E-state index contributed by atoms with van der Waals surface area (Å²) >= 11 is 3.33. The number of rotatable bonds is 2. The molecule has 2 N–H and O–H groups in total. The van der Waals surface area contributed by atoms with E-state index in [1.54, 1.807) is 30.7 Å². The van der Waals surface area contributed by atoms with E-state index in [1.165, 1.54) is 0 Å². The van der Waals surface area contributed by atoms with E-state index in [0.29, 0.717) is 16.9 Å². The topological polar surface area (TPSA) is 70.7 Å². The highest BCUT2D eigenvalue weighted by atomic mass is 79.9. The molecule has 2 aromatic heterocycles. The Kier molecular flexibility index (Phi) is 3.00. The first kappa shape index (κ1) is 11.9. The van der Waals surface area contributed by atoms with Crippen LogP contribution >= 0.6 is 15.9 Å². The summed E-state index contributed by atoms with van der Waals surface area (Å²) in [5.74, 6) is -0.173. The van der Waals surface area contributed by atoms with Crippen LogP contribution in [-0.2, 0) is 0 Å². The van der Waals surface area contributed by atoms with Crippen molar-refractivity contribution < 1.29 is 4.79 Å². The quantitative estimate of drug-likeness (QED) is 0.763. The summed E-state index contributed by atoms with van der Waals surface area (Å²) in [4.78, 5) is 23.1. The third-order valence-corrected chi connectivity index (χ3v) is 3.17. The molecule has 6 heteroatoms. The van der Waals surface area contributed by atoms with Gasteiger partial charge in [-0.05, 0) is 30.3 Å². The van der Waals surface area contributed by atoms with Gasteiger partial charge in [-0.25, -0.2) is 9.97 Å². The van der Waals surface area contributed by atoms with Crippen molar-refractivity contribution in [3.8, 4) is 0 Å². The van der Waals surface area contributed by atoms with Gasteiger partial charge in [0, 0.05) is 10.0 Å². The number of fused-ring (bicyclic) bond motifs is 1. The Balaban J connectivity index is 1.83. The van der Waals surface area contributed by atoms with Crippen LogP contribution in [0.1, 0.15) is 10.4 Å². The van der Waals surface area contributed by atoms with Crippen LogP contribution in [0.2, 0.25) is 0 Å². The smallest absolute Gasteiger partial charge is 0.255 e. The van der Waals surface area contributed by atoms with E-state index < -0.39 is 0 Å². The number of benzene rings is 1. The van der Waals surface area contributed by atoms with Gasteiger partial charge in [-0.1, -0.05) is 15.9 Å². The number of halogens is 1. The van der Waals surface area contributed by atoms with Crippen LogP contribution in [0, 0.1) is 0 Å². The molecular formula is C13H9BrN4O. The van der Waals surface area contributed by atoms with Gasteiger partial charge in [-0.15, -0.1) is 0 Å². The Bertz CT molecular complexity index is 736. The average Bonchev–Trinajstić information content (AvgIpc) is 2.87. The molecule has 0 atom stereocenters. The summed E-state index contributed by atoms with van der Waals surface area (Å²) in [6.07, 6.45) is 3.15. The van der Waals surface area contributed by atoms with Gasteiger partial charge in [0.05, 0.1) is 23.7 Å². The molecule has 3 rings (SSSR count). The van der Waals surface area contributed by atoms with Crippen LogP contribution in [0.25, 0.3) is 11.2 Å². The first-order chi connectivity index (χ1) is 9.22. The molecule has 0 unspecified atom stereocenters. The van der Waals surface area contributed by atoms with Crippen LogP contribution in [-0.4, -0.2) is 20.9 Å². The molecule has 3 aromatic rings. The fourth-order valence-electron chi connectivity index (χ4n) is 1.70. The number of carbonyl (C=O) groups excluding carboxylic acids is 1. The van der Waals surface area contributed by atoms with Gasteiger partial charge in [-0.3, -0.25) is 4.79 Å². The predicted molar refractivity (Wildman–Crippen MR) is 76.0 cm³/mol. The number of aromatic nitrogens is 3. The van der Waals surface area contributed by atoms with Gasteiger partial charge in [0.15, 0.2) is 5.65 Å². The number of nitrogens with one attached hydrogen (secondary N) is 2. The lowest BCUT2D eigenvalue weighted by atomic mass is 10.2. The molecule has 5 nitrogen and oxygen atoms in total. The molecule has 1 amide bonds. The van der Waals surface area contributed by atoms with Gasteiger partial charge >= 0.3 is 0 Å². The zero-order valence-electron chi connectivity index (χ0n) is 9.72. The Morgan fingerprint density at radius 1 is 1.21 bits per heavy atom. The van der Waals surface area contributed by atoms with Crippen molar-refractivity contribution >= 4 is 38.7 Å². The summed E-state index contributed by atoms with van der Waals surface area (Å²) in [6, 6.07) is 8.95. The maximum Gasteiger partial charge on any atom is 0.255 e. The van der Waals surface area contributed by atoms with Crippen molar-refractivity contribution in [2.24, 2.45) is 0 Å². The first-order valence-corrected chi connectivity index (χ1v) is 6.38. The van der Waals surface area contributed by atoms with Crippen LogP contribution < -0.4 is 5.32 Å². The zero-order valence-corrected chi connectivity index (χ0v) is 11.3. The highest BCUT2D eigenvalue weighted by Gasteiger charge is 2.07. The van der Waals surface area contributed by atoms with Crippen molar-refractivity contribution in [2.75, 3.05) is 5.32 Å².